The number of hydrogen-bond acceptors (Lipinski definition) is 3. The number of aryl methyl sites for hydroxylation is 1. The lowest BCUT2D eigenvalue weighted by molar-refractivity contribution is -0.127. The average Bonchev–Trinajstić information content (AvgIpc) is 3.16. The Morgan fingerprint density at radius 2 is 2.32 bits per heavy atom. The molecule has 7 heteroatoms. The SMILES string of the molecule is CCN1C[C@H](NC(=O)N(C)Cc2n[nH]c3c2CCC3)CC1=O. The number of rotatable bonds is 4. The Bertz CT molecular complexity index is 582. The maximum absolute atomic E-state index is 12.3. The van der Waals surface area contributed by atoms with Crippen molar-refractivity contribution >= 4 is 11.9 Å². The molecule has 2 aliphatic rings. The third-order valence-electron chi connectivity index (χ3n) is 4.55. The van der Waals surface area contributed by atoms with E-state index in [2.05, 4.69) is 15.5 Å². The zero-order valence-electron chi connectivity index (χ0n) is 13.2. The molecule has 0 aromatic carbocycles. The summed E-state index contributed by atoms with van der Waals surface area (Å²) in [6.45, 7) is 3.75. The number of nitrogens with zero attached hydrogens (tertiary/aromatic N) is 3. The summed E-state index contributed by atoms with van der Waals surface area (Å²) in [4.78, 5) is 27.4. The highest BCUT2D eigenvalue weighted by Crippen LogP contribution is 2.23. The minimum absolute atomic E-state index is 0.0905. The molecule has 0 saturated carbocycles. The zero-order valence-corrected chi connectivity index (χ0v) is 13.2. The van der Waals surface area contributed by atoms with Crippen LogP contribution in [0.1, 0.15) is 36.7 Å². The van der Waals surface area contributed by atoms with Gasteiger partial charge >= 0.3 is 6.03 Å². The Morgan fingerprint density at radius 1 is 1.50 bits per heavy atom. The van der Waals surface area contributed by atoms with E-state index in [1.807, 2.05) is 6.92 Å². The number of carbonyl (C=O) groups excluding carboxylic acids is 2. The first-order chi connectivity index (χ1) is 10.6. The summed E-state index contributed by atoms with van der Waals surface area (Å²) in [5, 5.41) is 10.3. The quantitative estimate of drug-likeness (QED) is 0.857. The van der Waals surface area contributed by atoms with Crippen molar-refractivity contribution in [3.05, 3.63) is 17.0 Å². The Morgan fingerprint density at radius 3 is 3.05 bits per heavy atom. The first-order valence-electron chi connectivity index (χ1n) is 7.93. The number of likely N-dealkylation sites (N-methyl/N-ethyl adjacent to an activating group) is 1. The summed E-state index contributed by atoms with van der Waals surface area (Å²) < 4.78 is 0. The number of amides is 3. The van der Waals surface area contributed by atoms with Gasteiger partial charge in [0.1, 0.15) is 0 Å². The first-order valence-corrected chi connectivity index (χ1v) is 7.93. The summed E-state index contributed by atoms with van der Waals surface area (Å²) in [5.74, 6) is 0.112. The van der Waals surface area contributed by atoms with Crippen molar-refractivity contribution in [3.63, 3.8) is 0 Å². The molecule has 1 aromatic heterocycles. The zero-order chi connectivity index (χ0) is 15.7. The molecule has 2 heterocycles. The third kappa shape index (κ3) is 2.80. The molecule has 3 amide bonds. The van der Waals surface area contributed by atoms with E-state index in [0.29, 0.717) is 26.1 Å². The standard InChI is InChI=1S/C15H23N5O2/c1-3-20-8-10(7-14(20)21)16-15(22)19(2)9-13-11-5-4-6-12(11)17-18-13/h10H,3-9H2,1-2H3,(H,16,22)(H,17,18)/t10-/m1/s1. The molecule has 1 aromatic rings. The van der Waals surface area contributed by atoms with E-state index in [4.69, 9.17) is 0 Å². The lowest BCUT2D eigenvalue weighted by atomic mass is 10.2. The molecule has 1 saturated heterocycles. The number of hydrogen-bond donors (Lipinski definition) is 2. The minimum atomic E-state index is -0.148. The second-order valence-corrected chi connectivity index (χ2v) is 6.12. The van der Waals surface area contributed by atoms with Gasteiger partial charge in [-0.1, -0.05) is 0 Å². The highest BCUT2D eigenvalue weighted by atomic mass is 16.2. The van der Waals surface area contributed by atoms with E-state index in [-0.39, 0.29) is 18.0 Å². The highest BCUT2D eigenvalue weighted by Gasteiger charge is 2.30. The number of likely N-dealkylation sites (tertiary alicyclic amines) is 1. The van der Waals surface area contributed by atoms with Crippen molar-refractivity contribution in [2.24, 2.45) is 0 Å². The second kappa shape index (κ2) is 5.98. The van der Waals surface area contributed by atoms with Gasteiger partial charge in [0.15, 0.2) is 0 Å². The Labute approximate surface area is 130 Å². The molecular weight excluding hydrogens is 282 g/mol. The van der Waals surface area contributed by atoms with Gasteiger partial charge in [-0.2, -0.15) is 5.10 Å². The largest absolute Gasteiger partial charge is 0.341 e. The van der Waals surface area contributed by atoms with Crippen molar-refractivity contribution in [1.29, 1.82) is 0 Å². The van der Waals surface area contributed by atoms with E-state index in [1.165, 1.54) is 11.3 Å². The topological polar surface area (TPSA) is 81.3 Å². The summed E-state index contributed by atoms with van der Waals surface area (Å²) in [6, 6.07) is -0.238. The van der Waals surface area contributed by atoms with Gasteiger partial charge in [-0.15, -0.1) is 0 Å². The van der Waals surface area contributed by atoms with E-state index < -0.39 is 0 Å². The number of nitrogens with one attached hydrogen (secondary N) is 2. The average molecular weight is 305 g/mol. The van der Waals surface area contributed by atoms with Gasteiger partial charge in [-0.3, -0.25) is 9.89 Å². The van der Waals surface area contributed by atoms with Crippen LogP contribution in [0, 0.1) is 0 Å². The summed E-state index contributed by atoms with van der Waals surface area (Å²) >= 11 is 0. The van der Waals surface area contributed by atoms with Gasteiger partial charge in [0.05, 0.1) is 18.3 Å². The molecule has 22 heavy (non-hydrogen) atoms. The van der Waals surface area contributed by atoms with Crippen LogP contribution in [0.4, 0.5) is 4.79 Å². The third-order valence-corrected chi connectivity index (χ3v) is 4.55. The maximum Gasteiger partial charge on any atom is 0.317 e. The van der Waals surface area contributed by atoms with Crippen LogP contribution < -0.4 is 5.32 Å². The van der Waals surface area contributed by atoms with Crippen LogP contribution in [0.3, 0.4) is 0 Å². The second-order valence-electron chi connectivity index (χ2n) is 6.12. The number of H-pyrrole nitrogens is 1. The fourth-order valence-electron chi connectivity index (χ4n) is 3.27. The van der Waals surface area contributed by atoms with Gasteiger partial charge in [-0.05, 0) is 31.7 Å². The molecule has 2 N–H and O–H groups in total. The van der Waals surface area contributed by atoms with E-state index in [1.54, 1.807) is 16.8 Å². The van der Waals surface area contributed by atoms with Gasteiger partial charge < -0.3 is 15.1 Å². The summed E-state index contributed by atoms with van der Waals surface area (Å²) in [5.41, 5.74) is 3.44. The van der Waals surface area contributed by atoms with E-state index in [9.17, 15) is 9.59 Å². The molecule has 3 rings (SSSR count). The predicted octanol–water partition coefficient (Wildman–Crippen LogP) is 0.661. The highest BCUT2D eigenvalue weighted by molar-refractivity contribution is 5.81. The predicted molar refractivity (Wildman–Crippen MR) is 81.3 cm³/mol. The molecular formula is C15H23N5O2. The van der Waals surface area contributed by atoms with Crippen LogP contribution >= 0.6 is 0 Å². The van der Waals surface area contributed by atoms with Crippen LogP contribution in [0.2, 0.25) is 0 Å². The summed E-state index contributed by atoms with van der Waals surface area (Å²) in [7, 11) is 1.76. The first kappa shape index (κ1) is 14.9. The van der Waals surface area contributed by atoms with Crippen molar-refractivity contribution in [3.8, 4) is 0 Å². The van der Waals surface area contributed by atoms with Gasteiger partial charge in [-0.25, -0.2) is 4.79 Å². The fraction of sp³-hybridized carbons (Fsp3) is 0.667. The van der Waals surface area contributed by atoms with Crippen LogP contribution in [0.25, 0.3) is 0 Å². The number of aromatic amines is 1. The molecule has 0 spiro atoms. The lowest BCUT2D eigenvalue weighted by Crippen LogP contribution is -2.44. The van der Waals surface area contributed by atoms with E-state index >= 15 is 0 Å². The Hall–Kier alpha value is -2.05. The van der Waals surface area contributed by atoms with Gasteiger partial charge in [0.25, 0.3) is 0 Å². The van der Waals surface area contributed by atoms with Gasteiger partial charge in [0.2, 0.25) is 5.91 Å². The summed E-state index contributed by atoms with van der Waals surface area (Å²) in [6.07, 6.45) is 3.64. The maximum atomic E-state index is 12.3. The number of fused-ring (bicyclic) bond motifs is 1. The minimum Gasteiger partial charge on any atom is -0.341 e. The van der Waals surface area contributed by atoms with Crippen molar-refractivity contribution < 1.29 is 9.59 Å². The fourth-order valence-corrected chi connectivity index (χ4v) is 3.27. The van der Waals surface area contributed by atoms with Crippen LogP contribution in [-0.4, -0.2) is 58.1 Å². The van der Waals surface area contributed by atoms with E-state index in [0.717, 1.165) is 25.0 Å². The molecule has 0 bridgehead atoms. The monoisotopic (exact) mass is 305 g/mol. The molecule has 1 atom stereocenters. The van der Waals surface area contributed by atoms with Crippen LogP contribution in [-0.2, 0) is 24.2 Å². The molecule has 1 aliphatic heterocycles. The number of urea groups is 1. The number of carbonyl (C=O) groups is 2. The van der Waals surface area contributed by atoms with Crippen LogP contribution in [0.15, 0.2) is 0 Å². The Balaban J connectivity index is 1.55. The molecule has 7 nitrogen and oxygen atoms in total. The Kier molecular flexibility index (Phi) is 4.04. The molecule has 1 aliphatic carbocycles. The van der Waals surface area contributed by atoms with Crippen LogP contribution in [0.5, 0.6) is 0 Å². The smallest absolute Gasteiger partial charge is 0.317 e. The van der Waals surface area contributed by atoms with Crippen molar-refractivity contribution in [2.75, 3.05) is 20.1 Å². The molecule has 120 valence electrons. The normalized spacial score (nSPS) is 20.4. The van der Waals surface area contributed by atoms with Crippen molar-refractivity contribution in [1.82, 2.24) is 25.3 Å². The van der Waals surface area contributed by atoms with Crippen molar-refractivity contribution in [2.45, 2.75) is 45.2 Å². The number of aromatic nitrogens is 2. The lowest BCUT2D eigenvalue weighted by Gasteiger charge is -2.20. The molecule has 1 fully saturated rings. The van der Waals surface area contributed by atoms with Gasteiger partial charge in [0, 0.05) is 32.3 Å². The molecule has 0 unspecified atom stereocenters. The molecule has 0 radical (unpaired) electrons.